The lowest BCUT2D eigenvalue weighted by Gasteiger charge is -2.40. The highest BCUT2D eigenvalue weighted by atomic mass is 16.5. The average Bonchev–Trinajstić information content (AvgIpc) is 2.34. The minimum absolute atomic E-state index is 0.0436. The second-order valence-electron chi connectivity index (χ2n) is 5.22. The fraction of sp³-hybridized carbons (Fsp3) is 0.533. The molecule has 1 saturated carbocycles. The van der Waals surface area contributed by atoms with Crippen LogP contribution in [0.2, 0.25) is 0 Å². The molecular formula is C15H22N2O2. The number of rotatable bonds is 6. The van der Waals surface area contributed by atoms with Gasteiger partial charge in [-0.05, 0) is 37.0 Å². The van der Waals surface area contributed by atoms with Gasteiger partial charge in [-0.15, -0.1) is 0 Å². The number of ether oxygens (including phenoxy) is 1. The second-order valence-corrected chi connectivity index (χ2v) is 5.22. The van der Waals surface area contributed by atoms with Crippen LogP contribution in [-0.4, -0.2) is 25.2 Å². The summed E-state index contributed by atoms with van der Waals surface area (Å²) in [4.78, 5) is 10.9. The third kappa shape index (κ3) is 3.78. The first kappa shape index (κ1) is 14.0. The van der Waals surface area contributed by atoms with Crippen molar-refractivity contribution in [3.05, 3.63) is 29.8 Å². The number of carbonyl (C=O) groups is 1. The topological polar surface area (TPSA) is 50.4 Å². The largest absolute Gasteiger partial charge is 0.377 e. The molecule has 1 aliphatic rings. The first-order valence-electron chi connectivity index (χ1n) is 6.76. The number of nitrogens with one attached hydrogen (secondary N) is 2. The molecule has 1 aliphatic carbocycles. The molecular weight excluding hydrogens is 240 g/mol. The monoisotopic (exact) mass is 262 g/mol. The molecule has 2 N–H and O–H groups in total. The second kappa shape index (κ2) is 6.17. The molecule has 1 aromatic carbocycles. The van der Waals surface area contributed by atoms with Crippen LogP contribution in [0.4, 0.5) is 5.69 Å². The van der Waals surface area contributed by atoms with Crippen LogP contribution in [0, 0.1) is 0 Å². The molecule has 0 aliphatic heterocycles. The number of methoxy groups -OCH3 is 1. The number of amides is 1. The lowest BCUT2D eigenvalue weighted by Crippen LogP contribution is -2.47. The molecule has 104 valence electrons. The van der Waals surface area contributed by atoms with Crippen molar-refractivity contribution < 1.29 is 9.53 Å². The summed E-state index contributed by atoms with van der Waals surface area (Å²) in [5, 5.41) is 6.20. The number of benzene rings is 1. The van der Waals surface area contributed by atoms with Crippen LogP contribution >= 0.6 is 0 Å². The minimum atomic E-state index is -0.0436. The standard InChI is InChI=1S/C15H22N2O2/c1-12(18)17-14-6-4-13(5-7-14)10-16-11-15(19-2)8-3-9-15/h4-7,16H,3,8-11H2,1-2H3,(H,17,18). The quantitative estimate of drug-likeness (QED) is 0.827. The Morgan fingerprint density at radius 2 is 2.00 bits per heavy atom. The molecule has 1 amide bonds. The maximum atomic E-state index is 10.9. The Kier molecular flexibility index (Phi) is 4.56. The number of hydrogen-bond donors (Lipinski definition) is 2. The summed E-state index contributed by atoms with van der Waals surface area (Å²) >= 11 is 0. The molecule has 0 aromatic heterocycles. The Balaban J connectivity index is 1.78. The van der Waals surface area contributed by atoms with E-state index in [1.807, 2.05) is 24.3 Å². The van der Waals surface area contributed by atoms with Gasteiger partial charge in [-0.1, -0.05) is 12.1 Å². The molecule has 1 aromatic rings. The van der Waals surface area contributed by atoms with Crippen LogP contribution in [0.15, 0.2) is 24.3 Å². The van der Waals surface area contributed by atoms with Gasteiger partial charge < -0.3 is 15.4 Å². The smallest absolute Gasteiger partial charge is 0.221 e. The summed E-state index contributed by atoms with van der Waals surface area (Å²) < 4.78 is 5.56. The molecule has 19 heavy (non-hydrogen) atoms. The molecule has 4 nitrogen and oxygen atoms in total. The van der Waals surface area contributed by atoms with Gasteiger partial charge in [0.1, 0.15) is 0 Å². The normalized spacial score (nSPS) is 16.7. The van der Waals surface area contributed by atoms with Crippen LogP contribution in [0.5, 0.6) is 0 Å². The lowest BCUT2D eigenvalue weighted by molar-refractivity contribution is -0.114. The summed E-state index contributed by atoms with van der Waals surface area (Å²) in [5.74, 6) is -0.0436. The van der Waals surface area contributed by atoms with Crippen LogP contribution in [0.1, 0.15) is 31.7 Å². The summed E-state index contributed by atoms with van der Waals surface area (Å²) in [5.41, 5.74) is 2.11. The van der Waals surface area contributed by atoms with E-state index in [-0.39, 0.29) is 11.5 Å². The van der Waals surface area contributed by atoms with Gasteiger partial charge in [0.15, 0.2) is 0 Å². The third-order valence-electron chi connectivity index (χ3n) is 3.75. The van der Waals surface area contributed by atoms with Gasteiger partial charge in [-0.25, -0.2) is 0 Å². The molecule has 1 fully saturated rings. The molecule has 0 radical (unpaired) electrons. The van der Waals surface area contributed by atoms with E-state index in [1.165, 1.54) is 18.9 Å². The van der Waals surface area contributed by atoms with Gasteiger partial charge in [0.2, 0.25) is 5.91 Å². The van der Waals surface area contributed by atoms with Gasteiger partial charge in [0, 0.05) is 32.8 Å². The van der Waals surface area contributed by atoms with Gasteiger partial charge >= 0.3 is 0 Å². The van der Waals surface area contributed by atoms with Crippen molar-refractivity contribution in [1.82, 2.24) is 5.32 Å². The van der Waals surface area contributed by atoms with Crippen molar-refractivity contribution >= 4 is 11.6 Å². The molecule has 0 saturated heterocycles. The van der Waals surface area contributed by atoms with Crippen molar-refractivity contribution in [2.45, 2.75) is 38.3 Å². The minimum Gasteiger partial charge on any atom is -0.377 e. The Hall–Kier alpha value is -1.39. The van der Waals surface area contributed by atoms with Gasteiger partial charge in [-0.3, -0.25) is 4.79 Å². The summed E-state index contributed by atoms with van der Waals surface area (Å²) in [6.45, 7) is 3.24. The predicted molar refractivity (Wildman–Crippen MR) is 76.0 cm³/mol. The Morgan fingerprint density at radius 1 is 1.32 bits per heavy atom. The highest BCUT2D eigenvalue weighted by Crippen LogP contribution is 2.34. The average molecular weight is 262 g/mol. The molecule has 0 heterocycles. The Morgan fingerprint density at radius 3 is 2.47 bits per heavy atom. The number of carbonyl (C=O) groups excluding carboxylic acids is 1. The highest BCUT2D eigenvalue weighted by Gasteiger charge is 2.36. The predicted octanol–water partition coefficient (Wildman–Crippen LogP) is 2.30. The summed E-state index contributed by atoms with van der Waals surface area (Å²) in [6, 6.07) is 7.90. The number of anilines is 1. The van der Waals surface area contributed by atoms with E-state index in [9.17, 15) is 4.79 Å². The van der Waals surface area contributed by atoms with Gasteiger partial charge in [0.05, 0.1) is 5.60 Å². The summed E-state index contributed by atoms with van der Waals surface area (Å²) in [6.07, 6.45) is 3.57. The lowest BCUT2D eigenvalue weighted by atomic mass is 9.80. The molecule has 2 rings (SSSR count). The van der Waals surface area contributed by atoms with E-state index in [0.717, 1.165) is 31.6 Å². The van der Waals surface area contributed by atoms with Crippen molar-refractivity contribution in [3.63, 3.8) is 0 Å². The van der Waals surface area contributed by atoms with E-state index >= 15 is 0 Å². The van der Waals surface area contributed by atoms with Crippen LogP contribution < -0.4 is 10.6 Å². The van der Waals surface area contributed by atoms with E-state index in [2.05, 4.69) is 10.6 Å². The first-order valence-corrected chi connectivity index (χ1v) is 6.76. The molecule has 0 spiro atoms. The molecule has 0 bridgehead atoms. The first-order chi connectivity index (χ1) is 9.13. The van der Waals surface area contributed by atoms with E-state index in [1.54, 1.807) is 7.11 Å². The van der Waals surface area contributed by atoms with Crippen LogP contribution in [-0.2, 0) is 16.1 Å². The highest BCUT2D eigenvalue weighted by molar-refractivity contribution is 5.88. The van der Waals surface area contributed by atoms with E-state index in [0.29, 0.717) is 0 Å². The van der Waals surface area contributed by atoms with Crippen molar-refractivity contribution in [2.24, 2.45) is 0 Å². The Labute approximate surface area is 114 Å². The van der Waals surface area contributed by atoms with Gasteiger partial charge in [0.25, 0.3) is 0 Å². The maximum Gasteiger partial charge on any atom is 0.221 e. The van der Waals surface area contributed by atoms with Crippen molar-refractivity contribution in [1.29, 1.82) is 0 Å². The van der Waals surface area contributed by atoms with Crippen LogP contribution in [0.3, 0.4) is 0 Å². The molecule has 0 atom stereocenters. The number of hydrogen-bond acceptors (Lipinski definition) is 3. The molecule has 0 unspecified atom stereocenters. The van der Waals surface area contributed by atoms with E-state index in [4.69, 9.17) is 4.74 Å². The maximum absolute atomic E-state index is 10.9. The van der Waals surface area contributed by atoms with Crippen molar-refractivity contribution in [3.8, 4) is 0 Å². The summed E-state index contributed by atoms with van der Waals surface area (Å²) in [7, 11) is 1.79. The molecule has 4 heteroatoms. The van der Waals surface area contributed by atoms with Crippen LogP contribution in [0.25, 0.3) is 0 Å². The third-order valence-corrected chi connectivity index (χ3v) is 3.75. The zero-order valence-electron chi connectivity index (χ0n) is 11.7. The zero-order valence-corrected chi connectivity index (χ0v) is 11.7. The fourth-order valence-electron chi connectivity index (χ4n) is 2.37. The van der Waals surface area contributed by atoms with Gasteiger partial charge in [-0.2, -0.15) is 0 Å². The van der Waals surface area contributed by atoms with Crippen molar-refractivity contribution in [2.75, 3.05) is 19.0 Å². The SMILES string of the molecule is COC1(CNCc2ccc(NC(C)=O)cc2)CCC1. The Bertz CT molecular complexity index is 419. The van der Waals surface area contributed by atoms with E-state index < -0.39 is 0 Å². The zero-order chi connectivity index (χ0) is 13.7. The fourth-order valence-corrected chi connectivity index (χ4v) is 2.37.